The van der Waals surface area contributed by atoms with Gasteiger partial charge in [-0.05, 0) is 37.5 Å². The van der Waals surface area contributed by atoms with Gasteiger partial charge in [-0.1, -0.05) is 48.0 Å². The van der Waals surface area contributed by atoms with Gasteiger partial charge in [0.1, 0.15) is 0 Å². The normalized spacial score (nSPS) is 16.1. The van der Waals surface area contributed by atoms with E-state index in [1.54, 1.807) is 11.8 Å². The third-order valence-corrected chi connectivity index (χ3v) is 6.32. The molecule has 1 N–H and O–H groups in total. The molecule has 0 saturated carbocycles. The third-order valence-electron chi connectivity index (χ3n) is 5.31. The molecule has 1 fully saturated rings. The zero-order valence-corrected chi connectivity index (χ0v) is 16.4. The number of carboxylic acids is 1. The van der Waals surface area contributed by atoms with E-state index in [-0.39, 0.29) is 5.91 Å². The second kappa shape index (κ2) is 8.61. The van der Waals surface area contributed by atoms with E-state index in [9.17, 15) is 14.7 Å². The van der Waals surface area contributed by atoms with Crippen LogP contribution in [0.25, 0.3) is 0 Å². The Hall–Kier alpha value is -2.27. The van der Waals surface area contributed by atoms with Gasteiger partial charge in [0.05, 0.1) is 5.41 Å². The van der Waals surface area contributed by atoms with Gasteiger partial charge in [-0.3, -0.25) is 9.59 Å². The Morgan fingerprint density at radius 3 is 2.26 bits per heavy atom. The average molecular weight is 384 g/mol. The first-order chi connectivity index (χ1) is 13.0. The van der Waals surface area contributed by atoms with Crippen LogP contribution in [0, 0.1) is 6.92 Å². The van der Waals surface area contributed by atoms with E-state index in [1.807, 2.05) is 35.2 Å². The number of carbonyl (C=O) groups is 2. The van der Waals surface area contributed by atoms with Gasteiger partial charge in [0.2, 0.25) is 5.91 Å². The number of thioether (sulfide) groups is 1. The lowest BCUT2D eigenvalue weighted by molar-refractivity contribution is -0.148. The molecular weight excluding hydrogens is 358 g/mol. The summed E-state index contributed by atoms with van der Waals surface area (Å²) in [5, 5.41) is 9.85. The van der Waals surface area contributed by atoms with Crippen LogP contribution in [0.3, 0.4) is 0 Å². The summed E-state index contributed by atoms with van der Waals surface area (Å²) >= 11 is 1.68. The van der Waals surface area contributed by atoms with Gasteiger partial charge in [0.25, 0.3) is 0 Å². The van der Waals surface area contributed by atoms with Crippen LogP contribution in [0.2, 0.25) is 0 Å². The number of likely N-dealkylation sites (tertiary alicyclic amines) is 1. The van der Waals surface area contributed by atoms with Crippen molar-refractivity contribution >= 4 is 23.6 Å². The van der Waals surface area contributed by atoms with Crippen LogP contribution >= 0.6 is 11.8 Å². The first kappa shape index (κ1) is 19.5. The fraction of sp³-hybridized carbons (Fsp3) is 0.364. The van der Waals surface area contributed by atoms with Gasteiger partial charge >= 0.3 is 5.97 Å². The van der Waals surface area contributed by atoms with Crippen molar-refractivity contribution in [1.82, 2.24) is 4.90 Å². The highest BCUT2D eigenvalue weighted by Gasteiger charge is 2.43. The van der Waals surface area contributed by atoms with E-state index in [0.717, 1.165) is 11.3 Å². The summed E-state index contributed by atoms with van der Waals surface area (Å²) < 4.78 is 0. The van der Waals surface area contributed by atoms with E-state index in [0.29, 0.717) is 32.4 Å². The first-order valence-electron chi connectivity index (χ1n) is 9.27. The van der Waals surface area contributed by atoms with Gasteiger partial charge in [-0.15, -0.1) is 11.8 Å². The van der Waals surface area contributed by atoms with Crippen molar-refractivity contribution < 1.29 is 14.7 Å². The second-order valence-electron chi connectivity index (χ2n) is 7.05. The van der Waals surface area contributed by atoms with Gasteiger partial charge in [0.15, 0.2) is 0 Å². The zero-order chi connectivity index (χ0) is 19.3. The molecule has 1 amide bonds. The van der Waals surface area contributed by atoms with Crippen LogP contribution < -0.4 is 0 Å². The third kappa shape index (κ3) is 4.53. The van der Waals surface area contributed by atoms with Gasteiger partial charge in [0, 0.05) is 30.2 Å². The predicted octanol–water partition coefficient (Wildman–Crippen LogP) is 4.12. The van der Waals surface area contributed by atoms with Crippen molar-refractivity contribution in [2.75, 3.05) is 18.8 Å². The number of hydrogen-bond acceptors (Lipinski definition) is 3. The zero-order valence-electron chi connectivity index (χ0n) is 15.6. The average Bonchev–Trinajstić information content (AvgIpc) is 2.70. The fourth-order valence-electron chi connectivity index (χ4n) is 3.57. The number of piperidine rings is 1. The van der Waals surface area contributed by atoms with Crippen LogP contribution in [0.15, 0.2) is 59.5 Å². The number of benzene rings is 2. The molecule has 0 bridgehead atoms. The van der Waals surface area contributed by atoms with Crippen molar-refractivity contribution in [2.45, 2.75) is 36.5 Å². The molecule has 1 aliphatic heterocycles. The van der Waals surface area contributed by atoms with Gasteiger partial charge in [-0.25, -0.2) is 0 Å². The van der Waals surface area contributed by atoms with E-state index in [2.05, 4.69) is 31.2 Å². The molecule has 0 radical (unpaired) electrons. The quantitative estimate of drug-likeness (QED) is 0.762. The van der Waals surface area contributed by atoms with E-state index >= 15 is 0 Å². The Bertz CT molecular complexity index is 781. The molecular formula is C22H25NO3S. The molecule has 2 aromatic carbocycles. The van der Waals surface area contributed by atoms with Crippen molar-refractivity contribution in [3.63, 3.8) is 0 Å². The molecule has 27 heavy (non-hydrogen) atoms. The minimum Gasteiger partial charge on any atom is -0.481 e. The molecule has 142 valence electrons. The highest BCUT2D eigenvalue weighted by molar-refractivity contribution is 7.99. The Labute approximate surface area is 164 Å². The number of carbonyl (C=O) groups excluding carboxylic acids is 1. The summed E-state index contributed by atoms with van der Waals surface area (Å²) in [7, 11) is 0. The van der Waals surface area contributed by atoms with Crippen molar-refractivity contribution in [3.05, 3.63) is 65.7 Å². The lowest BCUT2D eigenvalue weighted by atomic mass is 9.73. The number of rotatable bonds is 6. The summed E-state index contributed by atoms with van der Waals surface area (Å²) in [5.74, 6) is 0.0543. The maximum atomic E-state index is 12.5. The number of carboxylic acid groups (broad SMARTS) is 1. The fourth-order valence-corrected chi connectivity index (χ4v) is 4.41. The maximum absolute atomic E-state index is 12.5. The molecule has 5 heteroatoms. The summed E-state index contributed by atoms with van der Waals surface area (Å²) in [6.07, 6.45) is 1.40. The molecule has 0 atom stereocenters. The maximum Gasteiger partial charge on any atom is 0.314 e. The lowest BCUT2D eigenvalue weighted by Gasteiger charge is -2.39. The second-order valence-corrected chi connectivity index (χ2v) is 8.21. The van der Waals surface area contributed by atoms with Crippen LogP contribution in [-0.4, -0.2) is 40.7 Å². The topological polar surface area (TPSA) is 57.6 Å². The number of hydrogen-bond donors (Lipinski definition) is 1. The monoisotopic (exact) mass is 383 g/mol. The number of nitrogens with zero attached hydrogens (tertiary/aromatic N) is 1. The van der Waals surface area contributed by atoms with E-state index in [1.165, 1.54) is 10.5 Å². The summed E-state index contributed by atoms with van der Waals surface area (Å²) in [4.78, 5) is 27.5. The van der Waals surface area contributed by atoms with Crippen LogP contribution in [0.5, 0.6) is 0 Å². The molecule has 0 aromatic heterocycles. The van der Waals surface area contributed by atoms with Gasteiger partial charge in [-0.2, -0.15) is 0 Å². The summed E-state index contributed by atoms with van der Waals surface area (Å²) in [6, 6.07) is 17.7. The van der Waals surface area contributed by atoms with E-state index in [4.69, 9.17) is 0 Å². The molecule has 1 aliphatic rings. The Kier molecular flexibility index (Phi) is 6.22. The number of amides is 1. The Balaban J connectivity index is 1.54. The summed E-state index contributed by atoms with van der Waals surface area (Å²) in [5.41, 5.74) is 1.18. The highest BCUT2D eigenvalue weighted by atomic mass is 32.2. The minimum atomic E-state index is -0.880. The molecule has 0 unspecified atom stereocenters. The van der Waals surface area contributed by atoms with Crippen molar-refractivity contribution in [2.24, 2.45) is 0 Å². The van der Waals surface area contributed by atoms with E-state index < -0.39 is 11.4 Å². The number of aryl methyl sites for hydroxylation is 1. The molecule has 4 nitrogen and oxygen atoms in total. The van der Waals surface area contributed by atoms with Crippen LogP contribution in [0.1, 0.15) is 30.4 Å². The molecule has 2 aromatic rings. The molecule has 0 aliphatic carbocycles. The Morgan fingerprint density at radius 1 is 1.04 bits per heavy atom. The largest absolute Gasteiger partial charge is 0.481 e. The Morgan fingerprint density at radius 2 is 1.67 bits per heavy atom. The molecule has 0 spiro atoms. The number of aliphatic carboxylic acids is 1. The standard InChI is InChI=1S/C22H25NO3S/c1-17-7-9-19(10-8-17)27-16-11-20(24)23-14-12-22(13-15-23,21(25)26)18-5-3-2-4-6-18/h2-10H,11-16H2,1H3,(H,25,26). The first-order valence-corrected chi connectivity index (χ1v) is 10.3. The van der Waals surface area contributed by atoms with Gasteiger partial charge < -0.3 is 10.0 Å². The predicted molar refractivity (Wildman–Crippen MR) is 108 cm³/mol. The SMILES string of the molecule is Cc1ccc(SCCC(=O)N2CCC(C(=O)O)(c3ccccc3)CC2)cc1. The van der Waals surface area contributed by atoms with Crippen LogP contribution in [0.4, 0.5) is 0 Å². The smallest absolute Gasteiger partial charge is 0.314 e. The van der Waals surface area contributed by atoms with Crippen molar-refractivity contribution in [3.8, 4) is 0 Å². The lowest BCUT2D eigenvalue weighted by Crippen LogP contribution is -2.49. The summed E-state index contributed by atoms with van der Waals surface area (Å²) in [6.45, 7) is 3.05. The minimum absolute atomic E-state index is 0.113. The molecule has 1 saturated heterocycles. The molecule has 1 heterocycles. The van der Waals surface area contributed by atoms with Crippen LogP contribution in [-0.2, 0) is 15.0 Å². The highest BCUT2D eigenvalue weighted by Crippen LogP contribution is 2.36. The molecule has 3 rings (SSSR count). The van der Waals surface area contributed by atoms with Crippen molar-refractivity contribution in [1.29, 1.82) is 0 Å².